The Morgan fingerprint density at radius 1 is 1.07 bits per heavy atom. The molecule has 28 heavy (non-hydrogen) atoms. The van der Waals surface area contributed by atoms with Crippen LogP contribution in [0.2, 0.25) is 0 Å². The monoisotopic (exact) mass is 378 g/mol. The van der Waals surface area contributed by atoms with E-state index in [1.807, 2.05) is 0 Å². The van der Waals surface area contributed by atoms with E-state index in [1.54, 1.807) is 35.2 Å². The summed E-state index contributed by atoms with van der Waals surface area (Å²) >= 11 is 0. The molecule has 6 nitrogen and oxygen atoms in total. The normalized spacial score (nSPS) is 22.8. The summed E-state index contributed by atoms with van der Waals surface area (Å²) in [7, 11) is 0. The molecule has 3 aromatic rings. The van der Waals surface area contributed by atoms with Gasteiger partial charge in [-0.25, -0.2) is 4.39 Å². The lowest BCUT2D eigenvalue weighted by atomic mass is 9.77. The van der Waals surface area contributed by atoms with Gasteiger partial charge in [0.25, 0.3) is 0 Å². The highest BCUT2D eigenvalue weighted by atomic mass is 19.1. The summed E-state index contributed by atoms with van der Waals surface area (Å²) in [5.74, 6) is 0.339. The highest BCUT2D eigenvalue weighted by Gasteiger charge is 2.52. The van der Waals surface area contributed by atoms with E-state index in [1.165, 1.54) is 23.0 Å². The molecule has 0 amide bonds. The predicted molar refractivity (Wildman–Crippen MR) is 101 cm³/mol. The van der Waals surface area contributed by atoms with E-state index in [4.69, 9.17) is 0 Å². The smallest absolute Gasteiger partial charge is 0.303 e. The summed E-state index contributed by atoms with van der Waals surface area (Å²) in [5, 5.41) is 0. The summed E-state index contributed by atoms with van der Waals surface area (Å²) in [5.41, 5.74) is 0.162. The lowest BCUT2D eigenvalue weighted by molar-refractivity contribution is 0.145. The van der Waals surface area contributed by atoms with Crippen molar-refractivity contribution in [3.05, 3.63) is 81.3 Å². The molecule has 2 aromatic heterocycles. The number of halogens is 1. The van der Waals surface area contributed by atoms with Gasteiger partial charge in [0.2, 0.25) is 0 Å². The van der Waals surface area contributed by atoms with Crippen molar-refractivity contribution in [1.29, 1.82) is 0 Å². The van der Waals surface area contributed by atoms with Gasteiger partial charge < -0.3 is 9.13 Å². The number of hydrogen-bond donors (Lipinski definition) is 0. The molecular weight excluding hydrogens is 359 g/mol. The third-order valence-corrected chi connectivity index (χ3v) is 6.11. The van der Waals surface area contributed by atoms with Crippen LogP contribution >= 0.6 is 0 Å². The summed E-state index contributed by atoms with van der Waals surface area (Å²) in [6.07, 6.45) is 10.5. The Morgan fingerprint density at radius 2 is 1.89 bits per heavy atom. The van der Waals surface area contributed by atoms with Crippen LogP contribution in [0.4, 0.5) is 4.39 Å². The van der Waals surface area contributed by atoms with Crippen LogP contribution in [0.25, 0.3) is 11.3 Å². The lowest BCUT2D eigenvalue weighted by Gasteiger charge is -2.40. The standard InChI is InChI=1S/C21H19FN4O2/c22-17-4-2-1-3-16(17)18-12-23-15(11-24-18)13-25-7-8-26(20(28)19(25)27)21-6-5-14(9-21)10-21/h1-4,7-8,11-12,14H,5-6,9-10,13H2. The fourth-order valence-electron chi connectivity index (χ4n) is 4.64. The molecule has 0 aliphatic heterocycles. The van der Waals surface area contributed by atoms with Crippen LogP contribution in [0.1, 0.15) is 31.4 Å². The zero-order valence-electron chi connectivity index (χ0n) is 15.2. The van der Waals surface area contributed by atoms with Crippen LogP contribution in [0.3, 0.4) is 0 Å². The molecule has 3 aliphatic carbocycles. The Kier molecular flexibility index (Phi) is 3.79. The maximum atomic E-state index is 13.9. The van der Waals surface area contributed by atoms with Gasteiger partial charge in [-0.2, -0.15) is 0 Å². The number of hydrogen-bond acceptors (Lipinski definition) is 4. The lowest BCUT2D eigenvalue weighted by Crippen LogP contribution is -2.51. The highest BCUT2D eigenvalue weighted by molar-refractivity contribution is 5.58. The Hall–Kier alpha value is -3.09. The fourth-order valence-corrected chi connectivity index (χ4v) is 4.64. The number of fused-ring (bicyclic) bond motifs is 1. The molecular formula is C21H19FN4O2. The third kappa shape index (κ3) is 2.61. The first-order chi connectivity index (χ1) is 13.6. The first-order valence-electron chi connectivity index (χ1n) is 9.44. The minimum absolute atomic E-state index is 0.138. The Balaban J connectivity index is 1.41. The summed E-state index contributed by atoms with van der Waals surface area (Å²) in [6.45, 7) is 0.148. The number of rotatable bonds is 4. The van der Waals surface area contributed by atoms with Crippen LogP contribution in [0.5, 0.6) is 0 Å². The zero-order chi connectivity index (χ0) is 19.3. The summed E-state index contributed by atoms with van der Waals surface area (Å²) in [4.78, 5) is 33.7. The predicted octanol–water partition coefficient (Wildman–Crippen LogP) is 2.55. The van der Waals surface area contributed by atoms with Crippen LogP contribution in [0.15, 0.2) is 58.6 Å². The van der Waals surface area contributed by atoms with Crippen molar-refractivity contribution in [2.45, 2.75) is 37.8 Å². The first kappa shape index (κ1) is 17.0. The molecule has 3 saturated carbocycles. The molecule has 0 unspecified atom stereocenters. The third-order valence-electron chi connectivity index (χ3n) is 6.11. The van der Waals surface area contributed by atoms with Crippen LogP contribution in [-0.4, -0.2) is 19.1 Å². The van der Waals surface area contributed by atoms with Gasteiger partial charge in [-0.05, 0) is 43.7 Å². The minimum atomic E-state index is -0.549. The van der Waals surface area contributed by atoms with Crippen molar-refractivity contribution in [3.63, 3.8) is 0 Å². The van der Waals surface area contributed by atoms with Gasteiger partial charge in [-0.15, -0.1) is 0 Å². The van der Waals surface area contributed by atoms with Gasteiger partial charge >= 0.3 is 11.1 Å². The van der Waals surface area contributed by atoms with Gasteiger partial charge in [0.05, 0.1) is 30.3 Å². The SMILES string of the molecule is O=c1c(=O)n(C23CCC(C2)C3)ccn1Cc1cnc(-c2ccccc2F)cn1. The van der Waals surface area contributed by atoms with Gasteiger partial charge in [-0.3, -0.25) is 19.6 Å². The second-order valence-electron chi connectivity index (χ2n) is 7.82. The number of nitrogens with zero attached hydrogens (tertiary/aromatic N) is 4. The number of aromatic nitrogens is 4. The van der Waals surface area contributed by atoms with E-state index < -0.39 is 11.1 Å². The van der Waals surface area contributed by atoms with Gasteiger partial charge in [0, 0.05) is 23.5 Å². The van der Waals surface area contributed by atoms with E-state index in [0.29, 0.717) is 22.9 Å². The van der Waals surface area contributed by atoms with E-state index in [-0.39, 0.29) is 17.9 Å². The molecule has 2 bridgehead atoms. The van der Waals surface area contributed by atoms with E-state index in [9.17, 15) is 14.0 Å². The van der Waals surface area contributed by atoms with Crippen molar-refractivity contribution < 1.29 is 4.39 Å². The molecule has 7 heteroatoms. The average molecular weight is 378 g/mol. The van der Waals surface area contributed by atoms with Gasteiger partial charge in [0.1, 0.15) is 5.82 Å². The Labute approximate surface area is 160 Å². The van der Waals surface area contributed by atoms with Crippen molar-refractivity contribution >= 4 is 0 Å². The summed E-state index contributed by atoms with van der Waals surface area (Å²) < 4.78 is 16.9. The second kappa shape index (κ2) is 6.22. The maximum Gasteiger partial charge on any atom is 0.316 e. The van der Waals surface area contributed by atoms with E-state index in [0.717, 1.165) is 25.7 Å². The zero-order valence-corrected chi connectivity index (χ0v) is 15.2. The Morgan fingerprint density at radius 3 is 2.57 bits per heavy atom. The second-order valence-corrected chi connectivity index (χ2v) is 7.82. The largest absolute Gasteiger partial charge is 0.316 e. The first-order valence-corrected chi connectivity index (χ1v) is 9.44. The molecule has 2 heterocycles. The maximum absolute atomic E-state index is 13.9. The van der Waals surface area contributed by atoms with Crippen molar-refractivity contribution in [1.82, 2.24) is 19.1 Å². The molecule has 0 saturated heterocycles. The molecule has 142 valence electrons. The summed E-state index contributed by atoms with van der Waals surface area (Å²) in [6, 6.07) is 6.35. The van der Waals surface area contributed by atoms with Crippen LogP contribution in [0, 0.1) is 11.7 Å². The van der Waals surface area contributed by atoms with Crippen molar-refractivity contribution in [2.75, 3.05) is 0 Å². The molecule has 0 N–H and O–H groups in total. The molecule has 3 fully saturated rings. The minimum Gasteiger partial charge on any atom is -0.303 e. The van der Waals surface area contributed by atoms with Crippen LogP contribution < -0.4 is 11.1 Å². The molecule has 0 spiro atoms. The van der Waals surface area contributed by atoms with E-state index in [2.05, 4.69) is 9.97 Å². The van der Waals surface area contributed by atoms with Crippen molar-refractivity contribution in [3.8, 4) is 11.3 Å². The molecule has 3 aliphatic rings. The number of benzene rings is 1. The average Bonchev–Trinajstić information content (AvgIpc) is 3.29. The Bertz CT molecular complexity index is 1150. The topological polar surface area (TPSA) is 69.8 Å². The fraction of sp³-hybridized carbons (Fsp3) is 0.333. The molecule has 1 aromatic carbocycles. The quantitative estimate of drug-likeness (QED) is 0.655. The molecule has 0 radical (unpaired) electrons. The van der Waals surface area contributed by atoms with Gasteiger partial charge in [0.15, 0.2) is 0 Å². The molecule has 6 rings (SSSR count). The van der Waals surface area contributed by atoms with Crippen LogP contribution in [-0.2, 0) is 12.1 Å². The molecule has 0 atom stereocenters. The van der Waals surface area contributed by atoms with Gasteiger partial charge in [-0.1, -0.05) is 12.1 Å². The van der Waals surface area contributed by atoms with Crippen molar-refractivity contribution in [2.24, 2.45) is 5.92 Å². The van der Waals surface area contributed by atoms with E-state index >= 15 is 0 Å². The highest BCUT2D eigenvalue weighted by Crippen LogP contribution is 2.56.